The zero-order valence-electron chi connectivity index (χ0n) is 22.3. The molecule has 4 aromatic rings. The van der Waals surface area contributed by atoms with Crippen LogP contribution in [0.3, 0.4) is 0 Å². The van der Waals surface area contributed by atoms with Crippen molar-refractivity contribution in [1.29, 1.82) is 0 Å². The van der Waals surface area contributed by atoms with E-state index in [-0.39, 0.29) is 31.6 Å². The van der Waals surface area contributed by atoms with Gasteiger partial charge in [-0.05, 0) is 41.0 Å². The van der Waals surface area contributed by atoms with Gasteiger partial charge in [-0.15, -0.1) is 0 Å². The predicted molar refractivity (Wildman–Crippen MR) is 151 cm³/mol. The molecule has 0 saturated carbocycles. The molecule has 0 radical (unpaired) electrons. The van der Waals surface area contributed by atoms with Gasteiger partial charge in [-0.2, -0.15) is 0 Å². The van der Waals surface area contributed by atoms with Gasteiger partial charge in [0.2, 0.25) is 12.7 Å². The average Bonchev–Trinajstić information content (AvgIpc) is 3.46. The van der Waals surface area contributed by atoms with Crippen LogP contribution in [-0.2, 0) is 22.6 Å². The van der Waals surface area contributed by atoms with Crippen molar-refractivity contribution in [2.75, 3.05) is 26.3 Å². The Balaban J connectivity index is 1.56. The number of hydrogen-bond donors (Lipinski definition) is 1. The summed E-state index contributed by atoms with van der Waals surface area (Å²) in [5.74, 6) is 1.54. The van der Waals surface area contributed by atoms with Crippen LogP contribution in [-0.4, -0.2) is 37.7 Å². The number of amides is 2. The SMILES string of the molecule is COc1ccc(C(C(=O)Nc2ccc3c(c2)OCO3)N(Cc2ccccc2)C(=O)Cc2ccccc2)cc1OC. The van der Waals surface area contributed by atoms with Gasteiger partial charge in [0.25, 0.3) is 5.91 Å². The highest BCUT2D eigenvalue weighted by atomic mass is 16.7. The Hall–Kier alpha value is -4.98. The number of fused-ring (bicyclic) bond motifs is 1. The maximum atomic E-state index is 14.1. The number of ether oxygens (including phenoxy) is 4. The molecule has 8 nitrogen and oxygen atoms in total. The molecular formula is C32H30N2O6. The third-order valence-corrected chi connectivity index (χ3v) is 6.64. The molecule has 1 atom stereocenters. The van der Waals surface area contributed by atoms with Gasteiger partial charge in [-0.1, -0.05) is 66.7 Å². The van der Waals surface area contributed by atoms with Gasteiger partial charge in [0.05, 0.1) is 20.6 Å². The zero-order chi connectivity index (χ0) is 27.9. The first-order valence-corrected chi connectivity index (χ1v) is 12.9. The number of nitrogens with zero attached hydrogens (tertiary/aromatic N) is 1. The number of nitrogens with one attached hydrogen (secondary N) is 1. The number of carbonyl (C=O) groups excluding carboxylic acids is 2. The topological polar surface area (TPSA) is 86.3 Å². The third kappa shape index (κ3) is 6.02. The second-order valence-electron chi connectivity index (χ2n) is 9.24. The van der Waals surface area contributed by atoms with Crippen molar-refractivity contribution in [1.82, 2.24) is 4.90 Å². The summed E-state index contributed by atoms with van der Waals surface area (Å²) in [7, 11) is 3.08. The van der Waals surface area contributed by atoms with Crippen molar-refractivity contribution in [3.63, 3.8) is 0 Å². The normalized spacial score (nSPS) is 12.3. The summed E-state index contributed by atoms with van der Waals surface area (Å²) in [6.45, 7) is 0.347. The van der Waals surface area contributed by atoms with Gasteiger partial charge in [0.15, 0.2) is 23.0 Å². The summed E-state index contributed by atoms with van der Waals surface area (Å²) < 4.78 is 21.8. The first-order valence-electron chi connectivity index (χ1n) is 12.9. The van der Waals surface area contributed by atoms with Crippen molar-refractivity contribution < 1.29 is 28.5 Å². The Labute approximate surface area is 233 Å². The molecule has 2 amide bonds. The number of anilines is 1. The molecule has 40 heavy (non-hydrogen) atoms. The summed E-state index contributed by atoms with van der Waals surface area (Å²) in [6.07, 6.45) is 0.134. The molecule has 0 aromatic heterocycles. The van der Waals surface area contributed by atoms with Crippen LogP contribution in [0.1, 0.15) is 22.7 Å². The molecule has 1 aliphatic heterocycles. The van der Waals surface area contributed by atoms with Crippen molar-refractivity contribution in [2.45, 2.75) is 19.0 Å². The molecule has 204 valence electrons. The van der Waals surface area contributed by atoms with E-state index in [2.05, 4.69) is 5.32 Å². The lowest BCUT2D eigenvalue weighted by atomic mass is 10.0. The van der Waals surface area contributed by atoms with E-state index in [1.54, 1.807) is 48.4 Å². The van der Waals surface area contributed by atoms with E-state index in [0.717, 1.165) is 11.1 Å². The van der Waals surface area contributed by atoms with Crippen molar-refractivity contribution in [3.05, 3.63) is 114 Å². The van der Waals surface area contributed by atoms with Gasteiger partial charge in [-0.25, -0.2) is 0 Å². The molecular weight excluding hydrogens is 508 g/mol. The van der Waals surface area contributed by atoms with Crippen LogP contribution in [0.15, 0.2) is 97.1 Å². The quantitative estimate of drug-likeness (QED) is 0.292. The molecule has 8 heteroatoms. The number of rotatable bonds is 10. The van der Waals surface area contributed by atoms with Gasteiger partial charge in [-0.3, -0.25) is 9.59 Å². The highest BCUT2D eigenvalue weighted by molar-refractivity contribution is 5.98. The minimum absolute atomic E-state index is 0.125. The maximum absolute atomic E-state index is 14.1. The van der Waals surface area contributed by atoms with Crippen LogP contribution in [0, 0.1) is 0 Å². The number of hydrogen-bond acceptors (Lipinski definition) is 6. The van der Waals surface area contributed by atoms with Crippen LogP contribution in [0.4, 0.5) is 5.69 Å². The maximum Gasteiger partial charge on any atom is 0.251 e. The minimum atomic E-state index is -0.985. The van der Waals surface area contributed by atoms with Crippen LogP contribution in [0.25, 0.3) is 0 Å². The standard InChI is InChI=1S/C32H30N2O6/c1-37-26-15-13-24(18-28(26)38-2)31(32(36)33-25-14-16-27-29(19-25)40-21-39-27)34(20-23-11-7-4-8-12-23)30(35)17-22-9-5-3-6-10-22/h3-16,18-19,31H,17,20-21H2,1-2H3,(H,33,36). The molecule has 0 bridgehead atoms. The summed E-state index contributed by atoms with van der Waals surface area (Å²) >= 11 is 0. The molecule has 4 aromatic carbocycles. The van der Waals surface area contributed by atoms with Crippen LogP contribution < -0.4 is 24.3 Å². The van der Waals surface area contributed by atoms with Crippen molar-refractivity contribution >= 4 is 17.5 Å². The lowest BCUT2D eigenvalue weighted by Crippen LogP contribution is -2.41. The largest absolute Gasteiger partial charge is 0.493 e. The molecule has 1 aliphatic rings. The lowest BCUT2D eigenvalue weighted by Gasteiger charge is -2.32. The summed E-state index contributed by atoms with van der Waals surface area (Å²) in [6, 6.07) is 28.5. The molecule has 1 heterocycles. The van der Waals surface area contributed by atoms with E-state index in [4.69, 9.17) is 18.9 Å². The fourth-order valence-corrected chi connectivity index (χ4v) is 4.66. The second-order valence-corrected chi connectivity index (χ2v) is 9.24. The Morgan fingerprint density at radius 1 is 0.800 bits per heavy atom. The van der Waals surface area contributed by atoms with Crippen molar-refractivity contribution in [3.8, 4) is 23.0 Å². The van der Waals surface area contributed by atoms with Gasteiger partial charge < -0.3 is 29.2 Å². The Morgan fingerprint density at radius 3 is 2.17 bits per heavy atom. The fourth-order valence-electron chi connectivity index (χ4n) is 4.66. The number of benzene rings is 4. The van der Waals surface area contributed by atoms with E-state index in [1.165, 1.54) is 7.11 Å². The molecule has 1 N–H and O–H groups in total. The van der Waals surface area contributed by atoms with Gasteiger partial charge in [0, 0.05) is 18.3 Å². The van der Waals surface area contributed by atoms with E-state index in [1.807, 2.05) is 60.7 Å². The smallest absolute Gasteiger partial charge is 0.251 e. The third-order valence-electron chi connectivity index (χ3n) is 6.64. The highest BCUT2D eigenvalue weighted by Crippen LogP contribution is 2.36. The highest BCUT2D eigenvalue weighted by Gasteiger charge is 2.33. The van der Waals surface area contributed by atoms with E-state index in [0.29, 0.717) is 34.2 Å². The van der Waals surface area contributed by atoms with Crippen LogP contribution in [0.5, 0.6) is 23.0 Å². The zero-order valence-corrected chi connectivity index (χ0v) is 22.3. The molecule has 5 rings (SSSR count). The summed E-state index contributed by atoms with van der Waals surface area (Å²) in [5.41, 5.74) is 2.85. The molecule has 0 aliphatic carbocycles. The second kappa shape index (κ2) is 12.3. The average molecular weight is 539 g/mol. The monoisotopic (exact) mass is 538 g/mol. The lowest BCUT2D eigenvalue weighted by molar-refractivity contribution is -0.139. The van der Waals surface area contributed by atoms with Crippen LogP contribution >= 0.6 is 0 Å². The van der Waals surface area contributed by atoms with Gasteiger partial charge >= 0.3 is 0 Å². The minimum Gasteiger partial charge on any atom is -0.493 e. The summed E-state index contributed by atoms with van der Waals surface area (Å²) in [5, 5.41) is 2.98. The first kappa shape index (κ1) is 26.6. The molecule has 1 unspecified atom stereocenters. The van der Waals surface area contributed by atoms with E-state index < -0.39 is 6.04 Å². The Bertz CT molecular complexity index is 1480. The summed E-state index contributed by atoms with van der Waals surface area (Å²) in [4.78, 5) is 29.7. The van der Waals surface area contributed by atoms with Crippen molar-refractivity contribution in [2.24, 2.45) is 0 Å². The number of carbonyl (C=O) groups is 2. The van der Waals surface area contributed by atoms with E-state index >= 15 is 0 Å². The molecule has 0 saturated heterocycles. The molecule has 0 fully saturated rings. The number of methoxy groups -OCH3 is 2. The van der Waals surface area contributed by atoms with Gasteiger partial charge in [0.1, 0.15) is 6.04 Å². The Morgan fingerprint density at radius 2 is 1.48 bits per heavy atom. The van der Waals surface area contributed by atoms with E-state index in [9.17, 15) is 9.59 Å². The Kier molecular flexibility index (Phi) is 8.15. The fraction of sp³-hybridized carbons (Fsp3) is 0.188. The predicted octanol–water partition coefficient (Wildman–Crippen LogP) is 5.38. The first-order chi connectivity index (χ1) is 19.6. The molecule has 0 spiro atoms. The van der Waals surface area contributed by atoms with Crippen LogP contribution in [0.2, 0.25) is 0 Å².